The summed E-state index contributed by atoms with van der Waals surface area (Å²) >= 11 is 0. The Labute approximate surface area is 233 Å². The molecular weight excluding hydrogens is 540 g/mol. The molecule has 0 bridgehead atoms. The lowest BCUT2D eigenvalue weighted by Crippen LogP contribution is -2.52. The Hall–Kier alpha value is -3.99. The van der Waals surface area contributed by atoms with E-state index >= 15 is 0 Å². The molecule has 0 aliphatic carbocycles. The number of halogens is 2. The van der Waals surface area contributed by atoms with Gasteiger partial charge >= 0.3 is 0 Å². The highest BCUT2D eigenvalue weighted by Crippen LogP contribution is 2.27. The zero-order valence-electron chi connectivity index (χ0n) is 22.8. The predicted octanol–water partition coefficient (Wildman–Crippen LogP) is 4.50. The highest BCUT2D eigenvalue weighted by molar-refractivity contribution is 7.92. The van der Waals surface area contributed by atoms with Gasteiger partial charge in [-0.05, 0) is 82.3 Å². The van der Waals surface area contributed by atoms with Gasteiger partial charge in [-0.2, -0.15) is 0 Å². The quantitative estimate of drug-likeness (QED) is 0.344. The van der Waals surface area contributed by atoms with Crippen LogP contribution in [0, 0.1) is 11.6 Å². The van der Waals surface area contributed by atoms with Crippen LogP contribution in [0.5, 0.6) is 5.75 Å². The second-order valence-corrected chi connectivity index (χ2v) is 11.2. The van der Waals surface area contributed by atoms with E-state index < -0.39 is 46.1 Å². The standard InChI is InChI=1S/C29H33F2N3O5S/c1-5-39-25-14-12-24(13-15-25)34(40(37,38)26-16-10-23(30)11-17-26)19-28(35)33(21(4)29(36)32-20(2)3)18-22-8-6-7-9-27(22)31/h6-17,20-21H,5,18-19H2,1-4H3,(H,32,36). The Morgan fingerprint density at radius 1 is 0.925 bits per heavy atom. The van der Waals surface area contributed by atoms with Crippen LogP contribution in [0.3, 0.4) is 0 Å². The lowest BCUT2D eigenvalue weighted by Gasteiger charge is -2.32. The summed E-state index contributed by atoms with van der Waals surface area (Å²) in [5, 5.41) is 2.73. The van der Waals surface area contributed by atoms with E-state index in [2.05, 4.69) is 5.32 Å². The molecule has 0 saturated carbocycles. The number of benzene rings is 3. The zero-order valence-corrected chi connectivity index (χ0v) is 23.6. The van der Waals surface area contributed by atoms with E-state index in [9.17, 15) is 26.8 Å². The van der Waals surface area contributed by atoms with Crippen molar-refractivity contribution >= 4 is 27.5 Å². The number of rotatable bonds is 12. The summed E-state index contributed by atoms with van der Waals surface area (Å²) in [6, 6.07) is 14.9. The second-order valence-electron chi connectivity index (χ2n) is 9.34. The van der Waals surface area contributed by atoms with Gasteiger partial charge in [0.1, 0.15) is 30.0 Å². The summed E-state index contributed by atoms with van der Waals surface area (Å²) in [5.74, 6) is -1.91. The first kappa shape index (κ1) is 30.6. The Kier molecular flexibility index (Phi) is 10.2. The van der Waals surface area contributed by atoms with Crippen molar-refractivity contribution in [2.24, 2.45) is 0 Å². The molecule has 0 aliphatic heterocycles. The maximum absolute atomic E-state index is 14.6. The molecule has 3 aromatic carbocycles. The Balaban J connectivity index is 2.04. The van der Waals surface area contributed by atoms with Crippen molar-refractivity contribution in [2.45, 2.75) is 51.2 Å². The Morgan fingerprint density at radius 2 is 1.55 bits per heavy atom. The molecule has 2 amide bonds. The minimum absolute atomic E-state index is 0.145. The van der Waals surface area contributed by atoms with Gasteiger partial charge in [-0.25, -0.2) is 17.2 Å². The summed E-state index contributed by atoms with van der Waals surface area (Å²) < 4.78 is 61.9. The third-order valence-corrected chi connectivity index (χ3v) is 7.80. The molecule has 0 spiro atoms. The van der Waals surface area contributed by atoms with E-state index in [0.717, 1.165) is 33.5 Å². The monoisotopic (exact) mass is 573 g/mol. The number of carbonyl (C=O) groups excluding carboxylic acids is 2. The highest BCUT2D eigenvalue weighted by Gasteiger charge is 2.33. The normalized spacial score (nSPS) is 12.1. The first-order valence-electron chi connectivity index (χ1n) is 12.8. The average molecular weight is 574 g/mol. The molecule has 3 rings (SSSR count). The van der Waals surface area contributed by atoms with Crippen LogP contribution in [-0.4, -0.2) is 50.4 Å². The fraction of sp³-hybridized carbons (Fsp3) is 0.310. The molecule has 1 N–H and O–H groups in total. The number of amides is 2. The molecule has 3 aromatic rings. The smallest absolute Gasteiger partial charge is 0.264 e. The van der Waals surface area contributed by atoms with Crippen LogP contribution in [0.2, 0.25) is 0 Å². The SMILES string of the molecule is CCOc1ccc(N(CC(=O)N(Cc2ccccc2F)C(C)C(=O)NC(C)C)S(=O)(=O)c2ccc(F)cc2)cc1. The maximum Gasteiger partial charge on any atom is 0.264 e. The number of hydrogen-bond donors (Lipinski definition) is 1. The van der Waals surface area contributed by atoms with Crippen LogP contribution in [0.15, 0.2) is 77.7 Å². The van der Waals surface area contributed by atoms with E-state index in [1.165, 1.54) is 37.3 Å². The van der Waals surface area contributed by atoms with Crippen molar-refractivity contribution in [1.82, 2.24) is 10.2 Å². The molecule has 0 fully saturated rings. The number of ether oxygens (including phenoxy) is 1. The fourth-order valence-electron chi connectivity index (χ4n) is 3.94. The summed E-state index contributed by atoms with van der Waals surface area (Å²) in [7, 11) is -4.37. The number of nitrogens with one attached hydrogen (secondary N) is 1. The van der Waals surface area contributed by atoms with Crippen LogP contribution in [0.1, 0.15) is 33.3 Å². The van der Waals surface area contributed by atoms with E-state index in [4.69, 9.17) is 4.74 Å². The van der Waals surface area contributed by atoms with E-state index in [0.29, 0.717) is 12.4 Å². The van der Waals surface area contributed by atoms with Gasteiger partial charge in [-0.1, -0.05) is 18.2 Å². The third-order valence-electron chi connectivity index (χ3n) is 6.01. The molecular formula is C29H33F2N3O5S. The lowest BCUT2D eigenvalue weighted by molar-refractivity contribution is -0.139. The molecule has 0 aliphatic rings. The molecule has 1 atom stereocenters. The van der Waals surface area contributed by atoms with Crippen LogP contribution in [0.4, 0.5) is 14.5 Å². The zero-order chi connectivity index (χ0) is 29.4. The molecule has 8 nitrogen and oxygen atoms in total. The van der Waals surface area contributed by atoms with Crippen molar-refractivity contribution in [3.05, 3.63) is 90.0 Å². The topological polar surface area (TPSA) is 96.0 Å². The van der Waals surface area contributed by atoms with Crippen LogP contribution in [-0.2, 0) is 26.2 Å². The molecule has 0 aromatic heterocycles. The van der Waals surface area contributed by atoms with Gasteiger partial charge in [0.15, 0.2) is 0 Å². The Morgan fingerprint density at radius 3 is 2.12 bits per heavy atom. The van der Waals surface area contributed by atoms with Crippen LogP contribution >= 0.6 is 0 Å². The first-order valence-corrected chi connectivity index (χ1v) is 14.2. The molecule has 0 saturated heterocycles. The lowest BCUT2D eigenvalue weighted by atomic mass is 10.1. The van der Waals surface area contributed by atoms with Crippen molar-refractivity contribution in [2.75, 3.05) is 17.5 Å². The minimum Gasteiger partial charge on any atom is -0.494 e. The Bertz CT molecular complexity index is 1410. The summed E-state index contributed by atoms with van der Waals surface area (Å²) in [4.78, 5) is 27.6. The van der Waals surface area contributed by atoms with Crippen molar-refractivity contribution in [1.29, 1.82) is 0 Å². The van der Waals surface area contributed by atoms with E-state index in [1.807, 2.05) is 0 Å². The predicted molar refractivity (Wildman–Crippen MR) is 148 cm³/mol. The molecule has 0 heterocycles. The summed E-state index contributed by atoms with van der Waals surface area (Å²) in [6.07, 6.45) is 0. The largest absolute Gasteiger partial charge is 0.494 e. The fourth-order valence-corrected chi connectivity index (χ4v) is 5.35. The van der Waals surface area contributed by atoms with Crippen molar-refractivity contribution in [3.63, 3.8) is 0 Å². The maximum atomic E-state index is 14.6. The first-order chi connectivity index (χ1) is 18.9. The van der Waals surface area contributed by atoms with Gasteiger partial charge in [0, 0.05) is 18.2 Å². The second kappa shape index (κ2) is 13.4. The average Bonchev–Trinajstić information content (AvgIpc) is 2.91. The number of anilines is 1. The van der Waals surface area contributed by atoms with Gasteiger partial charge in [0.05, 0.1) is 17.2 Å². The number of hydrogen-bond acceptors (Lipinski definition) is 5. The summed E-state index contributed by atoms with van der Waals surface area (Å²) in [6.45, 7) is 6.24. The molecule has 11 heteroatoms. The number of sulfonamides is 1. The summed E-state index contributed by atoms with van der Waals surface area (Å²) in [5.41, 5.74) is 0.306. The van der Waals surface area contributed by atoms with E-state index in [-0.39, 0.29) is 28.7 Å². The van der Waals surface area contributed by atoms with Gasteiger partial charge in [0.25, 0.3) is 10.0 Å². The molecule has 40 heavy (non-hydrogen) atoms. The third kappa shape index (κ3) is 7.56. The number of carbonyl (C=O) groups is 2. The molecule has 214 valence electrons. The highest BCUT2D eigenvalue weighted by atomic mass is 32.2. The number of nitrogens with zero attached hydrogens (tertiary/aromatic N) is 2. The van der Waals surface area contributed by atoms with Gasteiger partial charge in [0.2, 0.25) is 11.8 Å². The van der Waals surface area contributed by atoms with Gasteiger partial charge in [-0.3, -0.25) is 13.9 Å². The molecule has 1 unspecified atom stereocenters. The molecule has 0 radical (unpaired) electrons. The van der Waals surface area contributed by atoms with Gasteiger partial charge in [-0.15, -0.1) is 0 Å². The van der Waals surface area contributed by atoms with Crippen molar-refractivity contribution in [3.8, 4) is 5.75 Å². The van der Waals surface area contributed by atoms with Crippen LogP contribution < -0.4 is 14.4 Å². The van der Waals surface area contributed by atoms with Crippen LogP contribution in [0.25, 0.3) is 0 Å². The van der Waals surface area contributed by atoms with Gasteiger partial charge < -0.3 is 15.0 Å². The van der Waals surface area contributed by atoms with E-state index in [1.54, 1.807) is 39.0 Å². The minimum atomic E-state index is -4.37. The van der Waals surface area contributed by atoms with Crippen molar-refractivity contribution < 1.29 is 31.5 Å².